The molecule has 9 heteroatoms. The topological polar surface area (TPSA) is 111 Å². The van der Waals surface area contributed by atoms with Crippen LogP contribution in [-0.4, -0.2) is 27.6 Å². The van der Waals surface area contributed by atoms with E-state index in [-0.39, 0.29) is 23.6 Å². The Kier molecular flexibility index (Phi) is 6.48. The molecule has 0 aromatic heterocycles. The maximum Gasteiger partial charge on any atom is 0.333 e. The number of benzene rings is 2. The quantitative estimate of drug-likeness (QED) is 0.588. The van der Waals surface area contributed by atoms with E-state index >= 15 is 0 Å². The van der Waals surface area contributed by atoms with Crippen LogP contribution in [-0.2, 0) is 35.7 Å². The monoisotopic (exact) mass is 459 g/mol. The summed E-state index contributed by atoms with van der Waals surface area (Å²) < 4.78 is 45.4. The van der Waals surface area contributed by atoms with Crippen molar-refractivity contribution < 1.29 is 22.3 Å². The van der Waals surface area contributed by atoms with Crippen molar-refractivity contribution >= 4 is 21.7 Å². The van der Waals surface area contributed by atoms with Crippen molar-refractivity contribution in [2.45, 2.75) is 43.4 Å². The van der Waals surface area contributed by atoms with Crippen LogP contribution in [0.3, 0.4) is 0 Å². The average molecular weight is 460 g/mol. The predicted octanol–water partition coefficient (Wildman–Crippen LogP) is 3.37. The number of anilines is 1. The Morgan fingerprint density at radius 2 is 1.69 bits per heavy atom. The van der Waals surface area contributed by atoms with E-state index in [0.29, 0.717) is 12.1 Å². The molecule has 7 nitrogen and oxygen atoms in total. The Bertz CT molecular complexity index is 1130. The fourth-order valence-corrected chi connectivity index (χ4v) is 5.22. The maximum absolute atomic E-state index is 12.7. The van der Waals surface area contributed by atoms with Crippen LogP contribution < -0.4 is 20.5 Å². The Labute approximate surface area is 186 Å². The third-order valence-corrected chi connectivity index (χ3v) is 7.26. The number of urea groups is 1. The smallest absolute Gasteiger partial charge is 0.333 e. The standard InChI is InChI=1S/C23H26FN3O4S/c24-12-15(13-25)14-31-18-7-9-19(10-8-18)32(29,30)27-23(28)26-22-20-5-1-3-16(20)11-17-4-2-6-21(17)22/h7-12H,1-6,13-14,25H2,(H2,26,27,28)/b15-12+. The van der Waals surface area contributed by atoms with Crippen LogP contribution in [0, 0.1) is 0 Å². The van der Waals surface area contributed by atoms with Crippen LogP contribution in [0.2, 0.25) is 0 Å². The fraction of sp³-hybridized carbons (Fsp3) is 0.348. The van der Waals surface area contributed by atoms with Crippen LogP contribution in [0.4, 0.5) is 14.9 Å². The highest BCUT2D eigenvalue weighted by atomic mass is 32.2. The predicted molar refractivity (Wildman–Crippen MR) is 120 cm³/mol. The molecule has 4 N–H and O–H groups in total. The highest BCUT2D eigenvalue weighted by molar-refractivity contribution is 7.90. The van der Waals surface area contributed by atoms with Crippen LogP contribution in [0.15, 0.2) is 47.1 Å². The minimum absolute atomic E-state index is 0.0236. The third-order valence-electron chi connectivity index (χ3n) is 5.91. The molecule has 2 aromatic carbocycles. The van der Waals surface area contributed by atoms with Gasteiger partial charge in [-0.25, -0.2) is 22.3 Å². The molecule has 0 aliphatic heterocycles. The molecule has 0 saturated heterocycles. The second kappa shape index (κ2) is 9.30. The molecule has 2 aromatic rings. The number of nitrogens with one attached hydrogen (secondary N) is 2. The molecular formula is C23H26FN3O4S. The second-order valence-corrected chi connectivity index (χ2v) is 9.71. The number of rotatable bonds is 7. The number of amides is 2. The van der Waals surface area contributed by atoms with Crippen molar-refractivity contribution in [3.05, 3.63) is 64.5 Å². The van der Waals surface area contributed by atoms with Crippen molar-refractivity contribution in [3.8, 4) is 5.75 Å². The van der Waals surface area contributed by atoms with Gasteiger partial charge in [-0.05, 0) is 85.0 Å². The summed E-state index contributed by atoms with van der Waals surface area (Å²) >= 11 is 0. The number of nitrogens with two attached hydrogens (primary N) is 1. The highest BCUT2D eigenvalue weighted by Crippen LogP contribution is 2.38. The SMILES string of the molecule is NC/C(=C\F)COc1ccc(S(=O)(=O)NC(=O)Nc2c3c(cc4c2CCC4)CCC3)cc1. The van der Waals surface area contributed by atoms with Gasteiger partial charge in [0.05, 0.1) is 11.2 Å². The molecule has 0 spiro atoms. The summed E-state index contributed by atoms with van der Waals surface area (Å²) in [6.45, 7) is -0.0126. The Hall–Kier alpha value is -2.91. The molecule has 0 fully saturated rings. The lowest BCUT2D eigenvalue weighted by Gasteiger charge is -2.16. The molecule has 0 heterocycles. The zero-order valence-corrected chi connectivity index (χ0v) is 18.4. The zero-order valence-electron chi connectivity index (χ0n) is 17.6. The number of carbonyl (C=O) groups is 1. The van der Waals surface area contributed by atoms with Gasteiger partial charge in [0.2, 0.25) is 0 Å². The first-order chi connectivity index (χ1) is 15.4. The van der Waals surface area contributed by atoms with E-state index in [0.717, 1.165) is 55.3 Å². The van der Waals surface area contributed by atoms with E-state index in [4.69, 9.17) is 10.5 Å². The maximum atomic E-state index is 12.7. The molecule has 0 radical (unpaired) electrons. The van der Waals surface area contributed by atoms with Crippen molar-refractivity contribution in [1.29, 1.82) is 0 Å². The van der Waals surface area contributed by atoms with Gasteiger partial charge in [0.15, 0.2) is 0 Å². The Balaban J connectivity index is 1.45. The molecular weight excluding hydrogens is 433 g/mol. The van der Waals surface area contributed by atoms with Crippen molar-refractivity contribution in [1.82, 2.24) is 4.72 Å². The zero-order chi connectivity index (χ0) is 22.7. The van der Waals surface area contributed by atoms with Crippen LogP contribution in [0.5, 0.6) is 5.75 Å². The molecule has 0 atom stereocenters. The first kappa shape index (κ1) is 22.3. The van der Waals surface area contributed by atoms with Gasteiger partial charge in [-0.15, -0.1) is 0 Å². The number of aryl methyl sites for hydroxylation is 2. The minimum Gasteiger partial charge on any atom is -0.489 e. The van der Waals surface area contributed by atoms with E-state index in [1.807, 2.05) is 0 Å². The minimum atomic E-state index is -4.07. The highest BCUT2D eigenvalue weighted by Gasteiger charge is 2.26. The third kappa shape index (κ3) is 4.63. The molecule has 2 amide bonds. The molecule has 2 aliphatic rings. The van der Waals surface area contributed by atoms with E-state index < -0.39 is 16.1 Å². The largest absolute Gasteiger partial charge is 0.489 e. The number of hydrogen-bond donors (Lipinski definition) is 3. The molecule has 170 valence electrons. The molecule has 4 rings (SSSR count). The van der Waals surface area contributed by atoms with Gasteiger partial charge in [0, 0.05) is 17.8 Å². The summed E-state index contributed by atoms with van der Waals surface area (Å²) in [7, 11) is -4.07. The van der Waals surface area contributed by atoms with Gasteiger partial charge in [-0.2, -0.15) is 0 Å². The summed E-state index contributed by atoms with van der Waals surface area (Å²) in [5, 5.41) is 2.82. The summed E-state index contributed by atoms with van der Waals surface area (Å²) in [5.41, 5.74) is 11.2. The number of hydrogen-bond acceptors (Lipinski definition) is 5. The lowest BCUT2D eigenvalue weighted by Crippen LogP contribution is -2.35. The van der Waals surface area contributed by atoms with E-state index in [2.05, 4.69) is 16.1 Å². The number of ether oxygens (including phenoxy) is 1. The van der Waals surface area contributed by atoms with Crippen molar-refractivity contribution in [2.24, 2.45) is 5.73 Å². The van der Waals surface area contributed by atoms with Crippen molar-refractivity contribution in [2.75, 3.05) is 18.5 Å². The normalized spacial score (nSPS) is 15.2. The molecule has 32 heavy (non-hydrogen) atoms. The second-order valence-electron chi connectivity index (χ2n) is 8.03. The average Bonchev–Trinajstić information content (AvgIpc) is 3.43. The first-order valence-electron chi connectivity index (χ1n) is 10.6. The summed E-state index contributed by atoms with van der Waals surface area (Å²) in [5.74, 6) is 0.358. The van der Waals surface area contributed by atoms with Crippen LogP contribution >= 0.6 is 0 Å². The van der Waals surface area contributed by atoms with Crippen molar-refractivity contribution in [3.63, 3.8) is 0 Å². The van der Waals surface area contributed by atoms with Crippen LogP contribution in [0.25, 0.3) is 0 Å². The van der Waals surface area contributed by atoms with E-state index in [9.17, 15) is 17.6 Å². The summed E-state index contributed by atoms with van der Waals surface area (Å²) in [6, 6.07) is 6.99. The number of sulfonamides is 1. The lowest BCUT2D eigenvalue weighted by atomic mass is 9.99. The Morgan fingerprint density at radius 1 is 1.06 bits per heavy atom. The van der Waals surface area contributed by atoms with E-state index in [1.165, 1.54) is 35.4 Å². The van der Waals surface area contributed by atoms with Gasteiger partial charge in [-0.1, -0.05) is 6.07 Å². The summed E-state index contributed by atoms with van der Waals surface area (Å²) in [6.07, 6.45) is 6.20. The summed E-state index contributed by atoms with van der Waals surface area (Å²) in [4.78, 5) is 12.6. The molecule has 0 saturated carbocycles. The first-order valence-corrected chi connectivity index (χ1v) is 12.1. The number of halogens is 1. The molecule has 0 unspecified atom stereocenters. The lowest BCUT2D eigenvalue weighted by molar-refractivity contribution is 0.256. The number of carbonyl (C=O) groups excluding carboxylic acids is 1. The van der Waals surface area contributed by atoms with Gasteiger partial charge in [0.25, 0.3) is 10.0 Å². The number of fused-ring (bicyclic) bond motifs is 2. The van der Waals surface area contributed by atoms with E-state index in [1.54, 1.807) is 0 Å². The Morgan fingerprint density at radius 3 is 2.25 bits per heavy atom. The fourth-order valence-electron chi connectivity index (χ4n) is 4.31. The van der Waals surface area contributed by atoms with Gasteiger partial charge in [0.1, 0.15) is 12.4 Å². The van der Waals surface area contributed by atoms with Gasteiger partial charge in [-0.3, -0.25) is 0 Å². The van der Waals surface area contributed by atoms with Gasteiger partial charge >= 0.3 is 6.03 Å². The molecule has 0 bridgehead atoms. The van der Waals surface area contributed by atoms with Crippen LogP contribution in [0.1, 0.15) is 35.1 Å². The molecule has 2 aliphatic carbocycles. The van der Waals surface area contributed by atoms with Gasteiger partial charge < -0.3 is 15.8 Å².